The van der Waals surface area contributed by atoms with Gasteiger partial charge in [-0.3, -0.25) is 0 Å². The van der Waals surface area contributed by atoms with Gasteiger partial charge in [-0.15, -0.1) is 0 Å². The predicted octanol–water partition coefficient (Wildman–Crippen LogP) is 2.11. The monoisotopic (exact) mass is 189 g/mol. The van der Waals surface area contributed by atoms with Crippen LogP contribution >= 0.6 is 0 Å². The summed E-state index contributed by atoms with van der Waals surface area (Å²) in [6, 6.07) is 1.50. The minimum atomic E-state index is -0.342. The molecule has 0 unspecified atom stereocenters. The molecule has 0 aliphatic carbocycles. The van der Waals surface area contributed by atoms with Gasteiger partial charge < -0.3 is 4.42 Å². The van der Waals surface area contributed by atoms with Crippen LogP contribution in [0, 0.1) is 20.8 Å². The molecule has 72 valence electrons. The number of rotatable bonds is 0. The number of hydrogen-bond donors (Lipinski definition) is 0. The van der Waals surface area contributed by atoms with Crippen molar-refractivity contribution in [2.75, 3.05) is 0 Å². The topological polar surface area (TPSA) is 43.1 Å². The SMILES string of the molecule is Cc1cnc2oc(=O)cc(C)c2c1C. The van der Waals surface area contributed by atoms with Gasteiger partial charge >= 0.3 is 5.63 Å². The first-order valence-corrected chi connectivity index (χ1v) is 4.46. The fourth-order valence-corrected chi connectivity index (χ4v) is 1.59. The van der Waals surface area contributed by atoms with Crippen LogP contribution in [0.4, 0.5) is 0 Å². The molecule has 14 heavy (non-hydrogen) atoms. The predicted molar refractivity (Wildman–Crippen MR) is 54.5 cm³/mol. The van der Waals surface area contributed by atoms with Crippen LogP contribution in [0.3, 0.4) is 0 Å². The molecule has 0 N–H and O–H groups in total. The van der Waals surface area contributed by atoms with E-state index in [-0.39, 0.29) is 5.63 Å². The zero-order chi connectivity index (χ0) is 10.3. The largest absolute Gasteiger partial charge is 0.404 e. The van der Waals surface area contributed by atoms with Crippen molar-refractivity contribution in [3.63, 3.8) is 0 Å². The lowest BCUT2D eigenvalue weighted by molar-refractivity contribution is 0.548. The summed E-state index contributed by atoms with van der Waals surface area (Å²) < 4.78 is 5.01. The maximum absolute atomic E-state index is 11.1. The van der Waals surface area contributed by atoms with Crippen LogP contribution in [-0.4, -0.2) is 4.98 Å². The summed E-state index contributed by atoms with van der Waals surface area (Å²) in [5, 5.41) is 0.949. The van der Waals surface area contributed by atoms with E-state index in [2.05, 4.69) is 4.98 Å². The van der Waals surface area contributed by atoms with E-state index in [1.807, 2.05) is 20.8 Å². The molecule has 0 radical (unpaired) electrons. The van der Waals surface area contributed by atoms with Crippen LogP contribution in [0.1, 0.15) is 16.7 Å². The maximum atomic E-state index is 11.1. The molecular weight excluding hydrogens is 178 g/mol. The second-order valence-electron chi connectivity index (χ2n) is 3.49. The summed E-state index contributed by atoms with van der Waals surface area (Å²) in [7, 11) is 0. The average Bonchev–Trinajstić information content (AvgIpc) is 2.10. The average molecular weight is 189 g/mol. The highest BCUT2D eigenvalue weighted by atomic mass is 16.4. The van der Waals surface area contributed by atoms with E-state index in [0.29, 0.717) is 5.71 Å². The van der Waals surface area contributed by atoms with E-state index >= 15 is 0 Å². The van der Waals surface area contributed by atoms with Crippen LogP contribution in [0.15, 0.2) is 21.5 Å². The molecule has 0 saturated heterocycles. The lowest BCUT2D eigenvalue weighted by Crippen LogP contribution is -2.00. The Kier molecular flexibility index (Phi) is 1.88. The number of aryl methyl sites for hydroxylation is 3. The lowest BCUT2D eigenvalue weighted by atomic mass is 10.1. The Bertz CT molecular complexity index is 555. The van der Waals surface area contributed by atoms with Gasteiger partial charge in [0.25, 0.3) is 0 Å². The van der Waals surface area contributed by atoms with Crippen molar-refractivity contribution in [1.82, 2.24) is 4.98 Å². The number of aromatic nitrogens is 1. The highest BCUT2D eigenvalue weighted by molar-refractivity contribution is 5.81. The van der Waals surface area contributed by atoms with Crippen LogP contribution in [0.2, 0.25) is 0 Å². The van der Waals surface area contributed by atoms with E-state index in [1.54, 1.807) is 6.20 Å². The molecule has 0 fully saturated rings. The number of nitrogens with zero attached hydrogens (tertiary/aromatic N) is 1. The molecule has 0 amide bonds. The third-order valence-corrected chi connectivity index (χ3v) is 2.48. The van der Waals surface area contributed by atoms with Crippen molar-refractivity contribution in [3.05, 3.63) is 39.4 Å². The fraction of sp³-hybridized carbons (Fsp3) is 0.273. The molecule has 2 aromatic rings. The number of fused-ring (bicyclic) bond motifs is 1. The van der Waals surface area contributed by atoms with Gasteiger partial charge in [0.05, 0.1) is 0 Å². The normalized spacial score (nSPS) is 10.8. The van der Waals surface area contributed by atoms with Gasteiger partial charge in [-0.25, -0.2) is 9.78 Å². The summed E-state index contributed by atoms with van der Waals surface area (Å²) in [4.78, 5) is 15.2. The first kappa shape index (κ1) is 8.94. The van der Waals surface area contributed by atoms with Crippen LogP contribution in [-0.2, 0) is 0 Å². The second-order valence-corrected chi connectivity index (χ2v) is 3.49. The molecule has 3 nitrogen and oxygen atoms in total. The van der Waals surface area contributed by atoms with Crippen molar-refractivity contribution < 1.29 is 4.42 Å². The Morgan fingerprint density at radius 3 is 2.64 bits per heavy atom. The quantitative estimate of drug-likeness (QED) is 0.637. The highest BCUT2D eigenvalue weighted by Crippen LogP contribution is 2.20. The van der Waals surface area contributed by atoms with Crippen molar-refractivity contribution in [3.8, 4) is 0 Å². The Balaban J connectivity index is 3.03. The first-order chi connectivity index (χ1) is 6.59. The lowest BCUT2D eigenvalue weighted by Gasteiger charge is -2.05. The van der Waals surface area contributed by atoms with Gasteiger partial charge in [-0.1, -0.05) is 0 Å². The molecule has 0 saturated carbocycles. The van der Waals surface area contributed by atoms with Crippen LogP contribution < -0.4 is 5.63 Å². The highest BCUT2D eigenvalue weighted by Gasteiger charge is 2.07. The smallest absolute Gasteiger partial charge is 0.337 e. The minimum absolute atomic E-state index is 0.342. The minimum Gasteiger partial charge on any atom is -0.404 e. The van der Waals surface area contributed by atoms with Gasteiger partial charge in [0.2, 0.25) is 5.71 Å². The molecule has 0 atom stereocenters. The third-order valence-electron chi connectivity index (χ3n) is 2.48. The van der Waals surface area contributed by atoms with Crippen molar-refractivity contribution >= 4 is 11.1 Å². The van der Waals surface area contributed by atoms with E-state index < -0.39 is 0 Å². The van der Waals surface area contributed by atoms with Gasteiger partial charge in [0.15, 0.2) is 0 Å². The van der Waals surface area contributed by atoms with E-state index in [4.69, 9.17) is 4.42 Å². The van der Waals surface area contributed by atoms with Crippen molar-refractivity contribution in [2.24, 2.45) is 0 Å². The molecule has 0 aliphatic rings. The Morgan fingerprint density at radius 1 is 1.21 bits per heavy atom. The molecule has 0 aliphatic heterocycles. The van der Waals surface area contributed by atoms with E-state index in [0.717, 1.165) is 22.1 Å². The Morgan fingerprint density at radius 2 is 1.93 bits per heavy atom. The Labute approximate surface area is 81.4 Å². The summed E-state index contributed by atoms with van der Waals surface area (Å²) in [5.74, 6) is 0. The maximum Gasteiger partial charge on any atom is 0.337 e. The standard InChI is InChI=1S/C11H11NO2/c1-6-4-9(13)14-11-10(6)8(3)7(2)5-12-11/h4-5H,1-3H3. The van der Waals surface area contributed by atoms with Gasteiger partial charge in [0.1, 0.15) is 0 Å². The molecule has 0 aromatic carbocycles. The van der Waals surface area contributed by atoms with Gasteiger partial charge in [-0.2, -0.15) is 0 Å². The molecule has 2 aromatic heterocycles. The summed E-state index contributed by atoms with van der Waals surface area (Å²) in [5.41, 5.74) is 3.24. The van der Waals surface area contributed by atoms with Crippen molar-refractivity contribution in [1.29, 1.82) is 0 Å². The van der Waals surface area contributed by atoms with Crippen LogP contribution in [0.5, 0.6) is 0 Å². The van der Waals surface area contributed by atoms with Crippen molar-refractivity contribution in [2.45, 2.75) is 20.8 Å². The van der Waals surface area contributed by atoms with E-state index in [9.17, 15) is 4.79 Å². The third kappa shape index (κ3) is 1.21. The number of hydrogen-bond acceptors (Lipinski definition) is 3. The van der Waals surface area contributed by atoms with E-state index in [1.165, 1.54) is 6.07 Å². The van der Waals surface area contributed by atoms with Crippen LogP contribution in [0.25, 0.3) is 11.1 Å². The molecule has 2 heterocycles. The zero-order valence-corrected chi connectivity index (χ0v) is 8.42. The second kappa shape index (κ2) is 2.94. The molecular formula is C11H11NO2. The molecule has 2 rings (SSSR count). The molecule has 0 bridgehead atoms. The Hall–Kier alpha value is -1.64. The molecule has 0 spiro atoms. The summed E-state index contributed by atoms with van der Waals surface area (Å²) in [6.07, 6.45) is 1.72. The summed E-state index contributed by atoms with van der Waals surface area (Å²) >= 11 is 0. The fourth-order valence-electron chi connectivity index (χ4n) is 1.59. The number of pyridine rings is 1. The zero-order valence-electron chi connectivity index (χ0n) is 8.42. The summed E-state index contributed by atoms with van der Waals surface area (Å²) in [6.45, 7) is 5.89. The van der Waals surface area contributed by atoms with Gasteiger partial charge in [0, 0.05) is 17.6 Å². The first-order valence-electron chi connectivity index (χ1n) is 4.46. The van der Waals surface area contributed by atoms with Gasteiger partial charge in [-0.05, 0) is 37.5 Å². The molecule has 3 heteroatoms.